The third-order valence-corrected chi connectivity index (χ3v) is 8.32. The molecule has 3 saturated carbocycles. The van der Waals surface area contributed by atoms with Crippen molar-refractivity contribution in [1.29, 1.82) is 0 Å². The molecule has 28 heavy (non-hydrogen) atoms. The number of hydrogen-bond acceptors (Lipinski definition) is 1. The molecule has 0 amide bonds. The molecular weight excluding hydrogens is 340 g/mol. The fraction of sp³-hybridized carbons (Fsp3) is 0.778. The molecule has 3 fully saturated rings. The Morgan fingerprint density at radius 3 is 2.64 bits per heavy atom. The van der Waals surface area contributed by atoms with Gasteiger partial charge in [-0.1, -0.05) is 62.1 Å². The van der Waals surface area contributed by atoms with E-state index in [9.17, 15) is 5.11 Å². The van der Waals surface area contributed by atoms with Crippen LogP contribution in [0.25, 0.3) is 0 Å². The van der Waals surface area contributed by atoms with Gasteiger partial charge in [-0.3, -0.25) is 0 Å². The smallest absolute Gasteiger partial charge is 0.0591 e. The van der Waals surface area contributed by atoms with Crippen molar-refractivity contribution in [2.45, 2.75) is 110 Å². The summed E-state index contributed by atoms with van der Waals surface area (Å²) in [6, 6.07) is 0. The van der Waals surface area contributed by atoms with Crippen LogP contribution in [0.2, 0.25) is 0 Å². The molecule has 0 bridgehead atoms. The van der Waals surface area contributed by atoms with E-state index >= 15 is 0 Å². The zero-order valence-corrected chi connectivity index (χ0v) is 19.0. The third kappa shape index (κ3) is 5.21. The molecule has 0 aliphatic heterocycles. The van der Waals surface area contributed by atoms with Crippen LogP contribution in [0.4, 0.5) is 0 Å². The Kier molecular flexibility index (Phi) is 6.96. The Morgan fingerprint density at radius 2 is 1.93 bits per heavy atom. The summed E-state index contributed by atoms with van der Waals surface area (Å²) >= 11 is 0. The second-order valence-electron chi connectivity index (χ2n) is 11.1. The Balaban J connectivity index is 1.60. The molecule has 0 aromatic rings. The van der Waals surface area contributed by atoms with Gasteiger partial charge in [0.15, 0.2) is 0 Å². The molecule has 4 atom stereocenters. The highest BCUT2D eigenvalue weighted by atomic mass is 16.3. The monoisotopic (exact) mass is 384 g/mol. The zero-order valence-electron chi connectivity index (χ0n) is 19.0. The summed E-state index contributed by atoms with van der Waals surface area (Å²) in [5.74, 6) is 2.36. The summed E-state index contributed by atoms with van der Waals surface area (Å²) in [4.78, 5) is 0. The van der Waals surface area contributed by atoms with Gasteiger partial charge in [-0.05, 0) is 101 Å². The predicted octanol–water partition coefficient (Wildman–Crippen LogP) is 7.76. The van der Waals surface area contributed by atoms with Crippen LogP contribution in [-0.4, -0.2) is 10.7 Å². The van der Waals surface area contributed by atoms with E-state index in [1.54, 1.807) is 11.1 Å². The van der Waals surface area contributed by atoms with E-state index in [0.29, 0.717) is 11.3 Å². The van der Waals surface area contributed by atoms with Gasteiger partial charge in [0.2, 0.25) is 0 Å². The predicted molar refractivity (Wildman–Crippen MR) is 121 cm³/mol. The van der Waals surface area contributed by atoms with E-state index < -0.39 is 5.60 Å². The van der Waals surface area contributed by atoms with Crippen molar-refractivity contribution in [3.63, 3.8) is 0 Å². The van der Waals surface area contributed by atoms with Crippen LogP contribution in [0.15, 0.2) is 35.5 Å². The van der Waals surface area contributed by atoms with Crippen LogP contribution in [0, 0.1) is 23.2 Å². The van der Waals surface area contributed by atoms with Crippen LogP contribution in [-0.2, 0) is 0 Å². The van der Waals surface area contributed by atoms with Crippen molar-refractivity contribution < 1.29 is 5.11 Å². The van der Waals surface area contributed by atoms with Gasteiger partial charge in [-0.15, -0.1) is 0 Å². The number of allylic oxidation sites excluding steroid dienone is 5. The lowest BCUT2D eigenvalue weighted by Crippen LogP contribution is -2.33. The number of unbranched alkanes of at least 4 members (excludes halogenated alkanes) is 1. The average Bonchev–Trinajstić information content (AvgIpc) is 2.96. The second-order valence-corrected chi connectivity index (χ2v) is 11.1. The fourth-order valence-electron chi connectivity index (χ4n) is 6.35. The van der Waals surface area contributed by atoms with Gasteiger partial charge in [0.05, 0.1) is 5.60 Å². The molecule has 3 aliphatic carbocycles. The van der Waals surface area contributed by atoms with Crippen molar-refractivity contribution >= 4 is 0 Å². The molecule has 1 nitrogen and oxygen atoms in total. The minimum atomic E-state index is -0.501. The molecule has 0 aromatic heterocycles. The van der Waals surface area contributed by atoms with Crippen LogP contribution < -0.4 is 0 Å². The Labute approximate surface area is 174 Å². The van der Waals surface area contributed by atoms with Gasteiger partial charge in [-0.25, -0.2) is 0 Å². The zero-order chi connectivity index (χ0) is 20.4. The van der Waals surface area contributed by atoms with Gasteiger partial charge in [0, 0.05) is 0 Å². The lowest BCUT2D eigenvalue weighted by molar-refractivity contribution is 0.0660. The first-order chi connectivity index (χ1) is 13.2. The summed E-state index contributed by atoms with van der Waals surface area (Å²) in [5, 5.41) is 9.96. The van der Waals surface area contributed by atoms with Gasteiger partial charge in [0.1, 0.15) is 0 Å². The summed E-state index contributed by atoms with van der Waals surface area (Å²) in [5.41, 5.74) is 4.85. The quantitative estimate of drug-likeness (QED) is 0.366. The van der Waals surface area contributed by atoms with Crippen molar-refractivity contribution in [2.24, 2.45) is 23.2 Å². The normalized spacial score (nSPS) is 36.9. The molecule has 3 aliphatic rings. The molecule has 3 rings (SSSR count). The molecule has 0 saturated heterocycles. The first kappa shape index (κ1) is 21.9. The highest BCUT2D eigenvalue weighted by molar-refractivity contribution is 5.27. The number of fused-ring (bicyclic) bond motifs is 1. The van der Waals surface area contributed by atoms with Gasteiger partial charge in [0.25, 0.3) is 0 Å². The van der Waals surface area contributed by atoms with E-state index in [4.69, 9.17) is 0 Å². The van der Waals surface area contributed by atoms with Crippen molar-refractivity contribution in [1.82, 2.24) is 0 Å². The molecular formula is C27H44O. The topological polar surface area (TPSA) is 20.2 Å². The molecule has 2 unspecified atom stereocenters. The van der Waals surface area contributed by atoms with E-state index in [2.05, 4.69) is 32.6 Å². The Hall–Kier alpha value is -0.820. The van der Waals surface area contributed by atoms with Gasteiger partial charge in [-0.2, -0.15) is 0 Å². The van der Waals surface area contributed by atoms with Crippen LogP contribution >= 0.6 is 0 Å². The van der Waals surface area contributed by atoms with Crippen LogP contribution in [0.1, 0.15) is 105 Å². The SMILES string of the molecule is C=C1CC/C(=C/C=C2\CCC[C@]3(C)C(CCCCC(C)(C)O)CCC23)C[C@H]1C. The first-order valence-corrected chi connectivity index (χ1v) is 12.0. The fourth-order valence-corrected chi connectivity index (χ4v) is 6.35. The largest absolute Gasteiger partial charge is 0.390 e. The summed E-state index contributed by atoms with van der Waals surface area (Å²) in [6.45, 7) is 13.0. The average molecular weight is 385 g/mol. The molecule has 0 spiro atoms. The second kappa shape index (κ2) is 8.90. The Morgan fingerprint density at radius 1 is 1.14 bits per heavy atom. The first-order valence-electron chi connectivity index (χ1n) is 12.0. The lowest BCUT2D eigenvalue weighted by Gasteiger charge is -2.42. The number of rotatable bonds is 6. The van der Waals surface area contributed by atoms with Crippen molar-refractivity contribution in [3.05, 3.63) is 35.5 Å². The molecule has 0 aromatic carbocycles. The van der Waals surface area contributed by atoms with E-state index in [0.717, 1.165) is 18.3 Å². The van der Waals surface area contributed by atoms with Crippen LogP contribution in [0.5, 0.6) is 0 Å². The number of aliphatic hydroxyl groups is 1. The van der Waals surface area contributed by atoms with E-state index in [1.165, 1.54) is 76.2 Å². The summed E-state index contributed by atoms with van der Waals surface area (Å²) in [7, 11) is 0. The van der Waals surface area contributed by atoms with Crippen molar-refractivity contribution in [3.8, 4) is 0 Å². The third-order valence-electron chi connectivity index (χ3n) is 8.32. The maximum absolute atomic E-state index is 9.96. The standard InChI is InChI=1S/C27H44O/c1-20-11-12-22(19-21(20)2)13-14-23-9-8-18-27(5)24(15-16-25(23)27)10-6-7-17-26(3,4)28/h13-14,21,24-25,28H,1,6-12,15-19H2,2-5H3/b22-13-,23-14+/t21-,24?,25?,27-/m1/s1. The molecule has 0 radical (unpaired) electrons. The number of hydrogen-bond donors (Lipinski definition) is 1. The van der Waals surface area contributed by atoms with Gasteiger partial charge < -0.3 is 5.11 Å². The maximum Gasteiger partial charge on any atom is 0.0591 e. The van der Waals surface area contributed by atoms with Gasteiger partial charge >= 0.3 is 0 Å². The Bertz CT molecular complexity index is 617. The summed E-state index contributed by atoms with van der Waals surface area (Å²) < 4.78 is 0. The van der Waals surface area contributed by atoms with E-state index in [-0.39, 0.29) is 0 Å². The highest BCUT2D eigenvalue weighted by Crippen LogP contribution is 2.58. The lowest BCUT2D eigenvalue weighted by atomic mass is 9.62. The minimum Gasteiger partial charge on any atom is -0.390 e. The molecule has 0 heterocycles. The van der Waals surface area contributed by atoms with E-state index in [1.807, 2.05) is 13.8 Å². The summed E-state index contributed by atoms with van der Waals surface area (Å²) in [6.07, 6.45) is 20.3. The molecule has 1 N–H and O–H groups in total. The van der Waals surface area contributed by atoms with Crippen LogP contribution in [0.3, 0.4) is 0 Å². The molecule has 1 heteroatoms. The maximum atomic E-state index is 9.96. The minimum absolute atomic E-state index is 0.501. The van der Waals surface area contributed by atoms with Crippen molar-refractivity contribution in [2.75, 3.05) is 0 Å². The molecule has 158 valence electrons. The highest BCUT2D eigenvalue weighted by Gasteiger charge is 2.48.